The molecule has 2 aliphatic rings. The molecule has 3 rings (SSSR count). The number of hydrogen-bond donors (Lipinski definition) is 2. The second-order valence-electron chi connectivity index (χ2n) is 6.80. The maximum atomic E-state index is 13.9. The summed E-state index contributed by atoms with van der Waals surface area (Å²) in [6.07, 6.45) is 4.40. The number of hydrogen-bond acceptors (Lipinski definition) is 2. The van der Waals surface area contributed by atoms with Gasteiger partial charge in [0.2, 0.25) is 0 Å². The predicted molar refractivity (Wildman–Crippen MR) is 88.1 cm³/mol. The third kappa shape index (κ3) is 3.13. The molecule has 24 heavy (non-hydrogen) atoms. The van der Waals surface area contributed by atoms with Gasteiger partial charge < -0.3 is 10.2 Å². The van der Waals surface area contributed by atoms with Crippen molar-refractivity contribution in [2.45, 2.75) is 44.2 Å². The van der Waals surface area contributed by atoms with Crippen molar-refractivity contribution in [2.75, 3.05) is 13.7 Å². The lowest BCUT2D eigenvalue weighted by molar-refractivity contribution is -0.901. The average molecular weight is 355 g/mol. The highest BCUT2D eigenvalue weighted by Gasteiger charge is 2.52. The van der Waals surface area contributed by atoms with Crippen LogP contribution in [0.3, 0.4) is 0 Å². The van der Waals surface area contributed by atoms with Crippen molar-refractivity contribution in [1.29, 1.82) is 0 Å². The zero-order valence-electron chi connectivity index (χ0n) is 13.7. The summed E-state index contributed by atoms with van der Waals surface area (Å²) in [5, 5.41) is 3.24. The molecule has 2 N–H and O–H groups in total. The molecule has 1 atom stereocenters. The van der Waals surface area contributed by atoms with E-state index in [2.05, 4.69) is 5.32 Å². The van der Waals surface area contributed by atoms with E-state index in [1.807, 2.05) is 7.05 Å². The Balaban J connectivity index is 1.69. The monoisotopic (exact) mass is 354 g/mol. The van der Waals surface area contributed by atoms with Crippen LogP contribution in [-0.2, 0) is 11.3 Å². The minimum atomic E-state index is -0.717. The highest BCUT2D eigenvalue weighted by Crippen LogP contribution is 2.33. The van der Waals surface area contributed by atoms with Crippen LogP contribution in [0.1, 0.15) is 37.7 Å². The Hall–Kier alpha value is -1.66. The van der Waals surface area contributed by atoms with Crippen LogP contribution in [-0.4, -0.2) is 36.1 Å². The Labute approximate surface area is 145 Å². The van der Waals surface area contributed by atoms with Crippen molar-refractivity contribution in [3.05, 3.63) is 34.6 Å². The summed E-state index contributed by atoms with van der Waals surface area (Å²) in [6, 6.07) is 4.21. The number of rotatable bonds is 4. The van der Waals surface area contributed by atoms with E-state index in [-0.39, 0.29) is 24.4 Å². The van der Waals surface area contributed by atoms with E-state index in [1.54, 1.807) is 12.1 Å². The van der Waals surface area contributed by atoms with Crippen LogP contribution in [0.4, 0.5) is 9.18 Å². The molecule has 2 fully saturated rings. The lowest BCUT2D eigenvalue weighted by Crippen LogP contribution is -3.09. The van der Waals surface area contributed by atoms with Crippen LogP contribution in [0.2, 0.25) is 5.02 Å². The Bertz CT molecular complexity index is 641. The normalized spacial score (nSPS) is 21.2. The molecule has 1 spiro atoms. The molecule has 1 aliphatic heterocycles. The SMILES string of the molecule is C[NH+](Cc1c(F)cccc1Cl)CN1C(=O)NC2(CCCCC2)C1=O. The number of urea groups is 1. The lowest BCUT2D eigenvalue weighted by Gasteiger charge is -2.30. The van der Waals surface area contributed by atoms with Gasteiger partial charge in [-0.05, 0) is 25.0 Å². The summed E-state index contributed by atoms with van der Waals surface area (Å²) in [5.41, 5.74) is -0.318. The number of carbonyl (C=O) groups is 2. The van der Waals surface area contributed by atoms with E-state index in [9.17, 15) is 14.0 Å². The van der Waals surface area contributed by atoms with E-state index in [0.717, 1.165) is 24.2 Å². The Kier molecular flexibility index (Phi) is 4.78. The Morgan fingerprint density at radius 2 is 2.00 bits per heavy atom. The lowest BCUT2D eigenvalue weighted by atomic mass is 9.82. The third-order valence-corrected chi connectivity index (χ3v) is 5.28. The van der Waals surface area contributed by atoms with Gasteiger partial charge in [0.05, 0.1) is 17.6 Å². The second-order valence-corrected chi connectivity index (χ2v) is 7.21. The zero-order chi connectivity index (χ0) is 17.3. The van der Waals surface area contributed by atoms with E-state index >= 15 is 0 Å². The molecule has 1 heterocycles. The minimum absolute atomic E-state index is 0.147. The first kappa shape index (κ1) is 17.2. The fourth-order valence-corrected chi connectivity index (χ4v) is 3.87. The maximum absolute atomic E-state index is 13.9. The number of quaternary nitrogens is 1. The number of nitrogens with one attached hydrogen (secondary N) is 2. The first-order chi connectivity index (χ1) is 11.4. The number of carbonyl (C=O) groups excluding carboxylic acids is 2. The standard InChI is InChI=1S/C17H21ClFN3O2/c1-21(10-12-13(18)6-5-7-14(12)19)11-22-15(23)17(20-16(22)24)8-3-2-4-9-17/h5-7H,2-4,8-11H2,1H3,(H,20,24)/p+1. The molecule has 1 aromatic rings. The van der Waals surface area contributed by atoms with Gasteiger partial charge in [0.1, 0.15) is 17.9 Å². The van der Waals surface area contributed by atoms with Crippen molar-refractivity contribution >= 4 is 23.5 Å². The van der Waals surface area contributed by atoms with Crippen LogP contribution >= 0.6 is 11.6 Å². The van der Waals surface area contributed by atoms with Crippen LogP contribution in [0, 0.1) is 5.82 Å². The first-order valence-corrected chi connectivity index (χ1v) is 8.69. The Morgan fingerprint density at radius 3 is 2.67 bits per heavy atom. The molecule has 1 saturated heterocycles. The average Bonchev–Trinajstić information content (AvgIpc) is 2.76. The molecule has 1 aromatic carbocycles. The first-order valence-electron chi connectivity index (χ1n) is 8.31. The van der Waals surface area contributed by atoms with Crippen molar-refractivity contribution < 1.29 is 18.9 Å². The highest BCUT2D eigenvalue weighted by molar-refractivity contribution is 6.31. The largest absolute Gasteiger partial charge is 0.329 e. The molecular weight excluding hydrogens is 333 g/mol. The van der Waals surface area contributed by atoms with Gasteiger partial charge in [-0.15, -0.1) is 0 Å². The van der Waals surface area contributed by atoms with Crippen molar-refractivity contribution in [2.24, 2.45) is 0 Å². The number of amides is 3. The molecule has 0 bridgehead atoms. The maximum Gasteiger partial charge on any atom is 0.329 e. The zero-order valence-corrected chi connectivity index (χ0v) is 14.5. The topological polar surface area (TPSA) is 53.9 Å². The quantitative estimate of drug-likeness (QED) is 0.809. The minimum Gasteiger partial charge on any atom is -0.323 e. The number of halogens is 2. The third-order valence-electron chi connectivity index (χ3n) is 4.92. The summed E-state index contributed by atoms with van der Waals surface area (Å²) < 4.78 is 13.9. The molecule has 130 valence electrons. The van der Waals surface area contributed by atoms with Gasteiger partial charge in [-0.2, -0.15) is 0 Å². The fourth-order valence-electron chi connectivity index (χ4n) is 3.64. The molecular formula is C17H22ClFN3O2+. The van der Waals surface area contributed by atoms with Crippen LogP contribution in [0.5, 0.6) is 0 Å². The van der Waals surface area contributed by atoms with Crippen molar-refractivity contribution in [3.8, 4) is 0 Å². The summed E-state index contributed by atoms with van der Waals surface area (Å²) >= 11 is 6.05. The van der Waals surface area contributed by atoms with Gasteiger partial charge in [-0.3, -0.25) is 4.79 Å². The highest BCUT2D eigenvalue weighted by atomic mass is 35.5. The van der Waals surface area contributed by atoms with Gasteiger partial charge >= 0.3 is 6.03 Å². The summed E-state index contributed by atoms with van der Waals surface area (Å²) in [6.45, 7) is 0.493. The second kappa shape index (κ2) is 6.69. The molecule has 1 saturated carbocycles. The number of nitrogens with zero attached hydrogens (tertiary/aromatic N) is 1. The van der Waals surface area contributed by atoms with Gasteiger partial charge in [-0.1, -0.05) is 36.9 Å². The fraction of sp³-hybridized carbons (Fsp3) is 0.529. The molecule has 5 nitrogen and oxygen atoms in total. The summed E-state index contributed by atoms with van der Waals surface area (Å²) in [5.74, 6) is -0.519. The van der Waals surface area contributed by atoms with Crippen LogP contribution < -0.4 is 10.2 Å². The number of benzene rings is 1. The molecule has 1 unspecified atom stereocenters. The van der Waals surface area contributed by atoms with Crippen molar-refractivity contribution in [3.63, 3.8) is 0 Å². The molecule has 0 radical (unpaired) electrons. The number of imide groups is 1. The predicted octanol–water partition coefficient (Wildman–Crippen LogP) is 1.71. The molecule has 3 amide bonds. The summed E-state index contributed by atoms with van der Waals surface area (Å²) in [4.78, 5) is 27.1. The smallest absolute Gasteiger partial charge is 0.323 e. The summed E-state index contributed by atoms with van der Waals surface area (Å²) in [7, 11) is 1.81. The van der Waals surface area contributed by atoms with Gasteiger partial charge in [0.15, 0.2) is 6.67 Å². The van der Waals surface area contributed by atoms with Crippen LogP contribution in [0.25, 0.3) is 0 Å². The Morgan fingerprint density at radius 1 is 1.29 bits per heavy atom. The van der Waals surface area contributed by atoms with E-state index in [4.69, 9.17) is 11.6 Å². The van der Waals surface area contributed by atoms with Gasteiger partial charge in [0.25, 0.3) is 5.91 Å². The molecule has 0 aromatic heterocycles. The van der Waals surface area contributed by atoms with E-state index < -0.39 is 5.54 Å². The van der Waals surface area contributed by atoms with E-state index in [0.29, 0.717) is 30.0 Å². The van der Waals surface area contributed by atoms with Crippen molar-refractivity contribution in [1.82, 2.24) is 10.2 Å². The van der Waals surface area contributed by atoms with Gasteiger partial charge in [-0.25, -0.2) is 14.1 Å². The van der Waals surface area contributed by atoms with Gasteiger partial charge in [0, 0.05) is 0 Å². The molecule has 7 heteroatoms. The van der Waals surface area contributed by atoms with Crippen LogP contribution in [0.15, 0.2) is 18.2 Å². The molecule has 1 aliphatic carbocycles. The van der Waals surface area contributed by atoms with E-state index in [1.165, 1.54) is 11.0 Å².